The van der Waals surface area contributed by atoms with Gasteiger partial charge in [0.15, 0.2) is 0 Å². The van der Waals surface area contributed by atoms with Crippen LogP contribution in [0.3, 0.4) is 0 Å². The van der Waals surface area contributed by atoms with Crippen molar-refractivity contribution in [3.63, 3.8) is 0 Å². The molecule has 2 aromatic rings. The van der Waals surface area contributed by atoms with Gasteiger partial charge >= 0.3 is 0 Å². The predicted molar refractivity (Wildman–Crippen MR) is 89.7 cm³/mol. The molecule has 2 amide bonds. The molecule has 0 heterocycles. The molecule has 6 heteroatoms. The maximum atomic E-state index is 13.3. The van der Waals surface area contributed by atoms with Gasteiger partial charge in [-0.05, 0) is 54.4 Å². The fraction of sp³-hybridized carbons (Fsp3) is 0.222. The van der Waals surface area contributed by atoms with Crippen molar-refractivity contribution in [3.05, 3.63) is 59.4 Å². The summed E-state index contributed by atoms with van der Waals surface area (Å²) in [4.78, 5) is 23.0. The molecule has 0 aliphatic carbocycles. The molecule has 126 valence electrons. The number of carbonyl (C=O) groups excluding carboxylic acids is 2. The summed E-state index contributed by atoms with van der Waals surface area (Å²) in [5, 5.41) is 5.41. The van der Waals surface area contributed by atoms with Crippen molar-refractivity contribution in [2.45, 2.75) is 13.3 Å². The van der Waals surface area contributed by atoms with Gasteiger partial charge < -0.3 is 15.4 Å². The number of hydrogen-bond donors (Lipinski definition) is 2. The van der Waals surface area contributed by atoms with Gasteiger partial charge in [0, 0.05) is 24.7 Å². The molecule has 0 saturated heterocycles. The lowest BCUT2D eigenvalue weighted by atomic mass is 10.1. The highest BCUT2D eigenvalue weighted by atomic mass is 19.1. The zero-order chi connectivity index (χ0) is 17.5. The predicted octanol–water partition coefficient (Wildman–Crippen LogP) is 2.77. The third-order valence-corrected chi connectivity index (χ3v) is 3.39. The van der Waals surface area contributed by atoms with E-state index in [9.17, 15) is 14.0 Å². The average Bonchev–Trinajstić information content (AvgIpc) is 2.55. The number of hydrogen-bond acceptors (Lipinski definition) is 3. The first-order chi connectivity index (χ1) is 11.5. The third-order valence-electron chi connectivity index (χ3n) is 3.39. The molecule has 5 nitrogen and oxygen atoms in total. The summed E-state index contributed by atoms with van der Waals surface area (Å²) in [6, 6.07) is 10.9. The monoisotopic (exact) mass is 330 g/mol. The zero-order valence-electron chi connectivity index (χ0n) is 13.6. The molecule has 0 aliphatic rings. The van der Waals surface area contributed by atoms with Crippen LogP contribution in [0.2, 0.25) is 0 Å². The average molecular weight is 330 g/mol. The second kappa shape index (κ2) is 8.10. The molecule has 0 saturated carbocycles. The molecule has 0 bridgehead atoms. The van der Waals surface area contributed by atoms with Crippen molar-refractivity contribution >= 4 is 17.5 Å². The summed E-state index contributed by atoms with van der Waals surface area (Å²) in [7, 11) is 1.52. The van der Waals surface area contributed by atoms with E-state index in [4.69, 9.17) is 4.74 Å². The quantitative estimate of drug-likeness (QED) is 0.856. The maximum absolute atomic E-state index is 13.3. The molecule has 24 heavy (non-hydrogen) atoms. The standard InChI is InChI=1S/C18H19FN2O3/c1-12(22)21-16-6-3-13(4-7-16)18(23)20-10-9-14-11-15(19)5-8-17(14)24-2/h3-8,11H,9-10H2,1-2H3,(H,20,23)(H,21,22). The Morgan fingerprint density at radius 2 is 1.83 bits per heavy atom. The van der Waals surface area contributed by atoms with Crippen molar-refractivity contribution in [3.8, 4) is 5.75 Å². The number of halogens is 1. The lowest BCUT2D eigenvalue weighted by molar-refractivity contribution is -0.114. The van der Waals surface area contributed by atoms with Gasteiger partial charge in [-0.25, -0.2) is 4.39 Å². The van der Waals surface area contributed by atoms with Crippen molar-refractivity contribution < 1.29 is 18.7 Å². The summed E-state index contributed by atoms with van der Waals surface area (Å²) in [6.45, 7) is 1.77. The van der Waals surface area contributed by atoms with Crippen LogP contribution in [-0.2, 0) is 11.2 Å². The Morgan fingerprint density at radius 3 is 2.46 bits per heavy atom. The topological polar surface area (TPSA) is 67.4 Å². The fourth-order valence-corrected chi connectivity index (χ4v) is 2.26. The number of benzene rings is 2. The molecule has 0 spiro atoms. The Morgan fingerprint density at radius 1 is 1.12 bits per heavy atom. The van der Waals surface area contributed by atoms with E-state index in [1.807, 2.05) is 0 Å². The summed E-state index contributed by atoms with van der Waals surface area (Å²) < 4.78 is 18.5. The number of rotatable bonds is 6. The van der Waals surface area contributed by atoms with E-state index in [0.29, 0.717) is 35.5 Å². The van der Waals surface area contributed by atoms with Gasteiger partial charge in [0.2, 0.25) is 5.91 Å². The van der Waals surface area contributed by atoms with Crippen LogP contribution in [0.15, 0.2) is 42.5 Å². The third kappa shape index (κ3) is 4.81. The molecule has 2 rings (SSSR count). The second-order valence-corrected chi connectivity index (χ2v) is 5.22. The highest BCUT2D eigenvalue weighted by molar-refractivity contribution is 5.95. The zero-order valence-corrected chi connectivity index (χ0v) is 13.6. The number of nitrogens with one attached hydrogen (secondary N) is 2. The Kier molecular flexibility index (Phi) is 5.89. The van der Waals surface area contributed by atoms with Crippen LogP contribution in [-0.4, -0.2) is 25.5 Å². The molecule has 0 unspecified atom stereocenters. The van der Waals surface area contributed by atoms with E-state index in [-0.39, 0.29) is 17.6 Å². The molecule has 0 atom stereocenters. The molecule has 0 aliphatic heterocycles. The van der Waals surface area contributed by atoms with E-state index in [1.165, 1.54) is 26.2 Å². The first-order valence-corrected chi connectivity index (χ1v) is 7.48. The van der Waals surface area contributed by atoms with Gasteiger partial charge in [-0.2, -0.15) is 0 Å². The maximum Gasteiger partial charge on any atom is 0.251 e. The number of amides is 2. The molecule has 0 fully saturated rings. The van der Waals surface area contributed by atoms with Crippen molar-refractivity contribution in [1.29, 1.82) is 0 Å². The van der Waals surface area contributed by atoms with Crippen LogP contribution in [0.4, 0.5) is 10.1 Å². The SMILES string of the molecule is COc1ccc(F)cc1CCNC(=O)c1ccc(NC(C)=O)cc1. The molecular formula is C18H19FN2O3. The highest BCUT2D eigenvalue weighted by Gasteiger charge is 2.08. The smallest absolute Gasteiger partial charge is 0.251 e. The van der Waals surface area contributed by atoms with Gasteiger partial charge in [-0.15, -0.1) is 0 Å². The number of anilines is 1. The van der Waals surface area contributed by atoms with Crippen LogP contribution in [0.5, 0.6) is 5.75 Å². The van der Waals surface area contributed by atoms with E-state index >= 15 is 0 Å². The Bertz CT molecular complexity index is 730. The van der Waals surface area contributed by atoms with E-state index in [2.05, 4.69) is 10.6 Å². The second-order valence-electron chi connectivity index (χ2n) is 5.22. The summed E-state index contributed by atoms with van der Waals surface area (Å²) in [6.07, 6.45) is 0.455. The normalized spacial score (nSPS) is 10.1. The Balaban J connectivity index is 1.91. The highest BCUT2D eigenvalue weighted by Crippen LogP contribution is 2.19. The van der Waals surface area contributed by atoms with Gasteiger partial charge in [0.25, 0.3) is 5.91 Å². The van der Waals surface area contributed by atoms with Crippen LogP contribution < -0.4 is 15.4 Å². The minimum Gasteiger partial charge on any atom is -0.496 e. The van der Waals surface area contributed by atoms with Gasteiger partial charge in [0.05, 0.1) is 7.11 Å². The Hall–Kier alpha value is -2.89. The van der Waals surface area contributed by atoms with E-state index < -0.39 is 0 Å². The van der Waals surface area contributed by atoms with Crippen molar-refractivity contribution in [2.24, 2.45) is 0 Å². The number of methoxy groups -OCH3 is 1. The first kappa shape index (κ1) is 17.5. The minimum absolute atomic E-state index is 0.170. The summed E-state index contributed by atoms with van der Waals surface area (Å²) in [5.74, 6) is -0.160. The van der Waals surface area contributed by atoms with Gasteiger partial charge in [0.1, 0.15) is 11.6 Å². The van der Waals surface area contributed by atoms with Crippen LogP contribution in [0, 0.1) is 5.82 Å². The molecule has 0 radical (unpaired) electrons. The summed E-state index contributed by atoms with van der Waals surface area (Å²) in [5.41, 5.74) is 1.80. The lowest BCUT2D eigenvalue weighted by Crippen LogP contribution is -2.25. The molecule has 0 aromatic heterocycles. The number of carbonyl (C=O) groups is 2. The lowest BCUT2D eigenvalue weighted by Gasteiger charge is -2.10. The molecule has 2 N–H and O–H groups in total. The van der Waals surface area contributed by atoms with Crippen molar-refractivity contribution in [2.75, 3.05) is 19.0 Å². The fourth-order valence-electron chi connectivity index (χ4n) is 2.26. The van der Waals surface area contributed by atoms with E-state index in [0.717, 1.165) is 0 Å². The first-order valence-electron chi connectivity index (χ1n) is 7.48. The minimum atomic E-state index is -0.342. The van der Waals surface area contributed by atoms with Crippen LogP contribution >= 0.6 is 0 Å². The Labute approximate surface area is 139 Å². The van der Waals surface area contributed by atoms with E-state index in [1.54, 1.807) is 30.3 Å². The van der Waals surface area contributed by atoms with Crippen LogP contribution in [0.1, 0.15) is 22.8 Å². The molecular weight excluding hydrogens is 311 g/mol. The summed E-state index contributed by atoms with van der Waals surface area (Å²) >= 11 is 0. The van der Waals surface area contributed by atoms with Crippen molar-refractivity contribution in [1.82, 2.24) is 5.32 Å². The van der Waals surface area contributed by atoms with Gasteiger partial charge in [-0.3, -0.25) is 9.59 Å². The number of ether oxygens (including phenoxy) is 1. The molecule has 2 aromatic carbocycles. The van der Waals surface area contributed by atoms with Gasteiger partial charge in [-0.1, -0.05) is 0 Å². The largest absolute Gasteiger partial charge is 0.496 e. The van der Waals surface area contributed by atoms with Crippen LogP contribution in [0.25, 0.3) is 0 Å².